The molecule has 252 valence electrons. The smallest absolute Gasteiger partial charge is 0.248 e. The molecule has 1 aliphatic heterocycles. The highest BCUT2D eigenvalue weighted by molar-refractivity contribution is 5.99. The Balaban J connectivity index is 1.31. The van der Waals surface area contributed by atoms with Crippen LogP contribution >= 0.6 is 0 Å². The van der Waals surface area contributed by atoms with E-state index in [1.807, 2.05) is 45.9 Å². The number of aryl methyl sites for hydroxylation is 2. The first-order valence-electron chi connectivity index (χ1n) is 16.0. The number of carbonyl (C=O) groups excluding carboxylic acids is 2. The first kappa shape index (κ1) is 32.5. The van der Waals surface area contributed by atoms with Gasteiger partial charge in [-0.25, -0.2) is 14.6 Å². The van der Waals surface area contributed by atoms with Gasteiger partial charge in [0.05, 0.1) is 42.1 Å². The molecule has 48 heavy (non-hydrogen) atoms. The number of morpholine rings is 1. The van der Waals surface area contributed by atoms with E-state index in [1.165, 1.54) is 0 Å². The molecule has 5 aromatic rings. The third-order valence-corrected chi connectivity index (χ3v) is 8.32. The minimum atomic E-state index is -0.563. The van der Waals surface area contributed by atoms with Crippen LogP contribution in [0.3, 0.4) is 0 Å². The van der Waals surface area contributed by atoms with Gasteiger partial charge >= 0.3 is 0 Å². The number of hydrogen-bond donors (Lipinski definition) is 4. The number of nitrogens with zero attached hydrogens (tertiary/aromatic N) is 7. The van der Waals surface area contributed by atoms with Crippen molar-refractivity contribution in [1.82, 2.24) is 33.8 Å². The molecule has 2 aromatic carbocycles. The number of rotatable bonds is 14. The first-order valence-corrected chi connectivity index (χ1v) is 16.0. The number of aromatic nitrogens is 6. The Labute approximate surface area is 277 Å². The Morgan fingerprint density at radius 2 is 1.71 bits per heavy atom. The van der Waals surface area contributed by atoms with Crippen molar-refractivity contribution in [3.8, 4) is 5.75 Å². The molecular formula is C33H41N11O4. The minimum absolute atomic E-state index is 0.314. The van der Waals surface area contributed by atoms with Gasteiger partial charge in [-0.05, 0) is 50.6 Å². The van der Waals surface area contributed by atoms with Crippen LogP contribution < -0.4 is 27.3 Å². The molecule has 0 atom stereocenters. The second kappa shape index (κ2) is 14.1. The van der Waals surface area contributed by atoms with Gasteiger partial charge in [0.1, 0.15) is 17.1 Å². The summed E-state index contributed by atoms with van der Waals surface area (Å²) in [5.74, 6) is 1.09. The molecule has 15 heteroatoms. The monoisotopic (exact) mass is 655 g/mol. The number of amides is 2. The van der Waals surface area contributed by atoms with Gasteiger partial charge in [0.2, 0.25) is 23.7 Å². The van der Waals surface area contributed by atoms with Crippen molar-refractivity contribution in [3.63, 3.8) is 0 Å². The number of primary amides is 2. The normalized spacial score (nSPS) is 14.0. The summed E-state index contributed by atoms with van der Waals surface area (Å²) in [7, 11) is 0. The third kappa shape index (κ3) is 6.96. The van der Waals surface area contributed by atoms with Crippen molar-refractivity contribution in [1.29, 1.82) is 0 Å². The average Bonchev–Trinajstić information content (AvgIpc) is 3.72. The maximum Gasteiger partial charge on any atom is 0.248 e. The van der Waals surface area contributed by atoms with Gasteiger partial charge in [-0.15, -0.1) is 0 Å². The maximum absolute atomic E-state index is 12.3. The number of hydrogen-bond acceptors (Lipinski definition) is 10. The number of imidazole rings is 2. The fourth-order valence-corrected chi connectivity index (χ4v) is 5.91. The molecule has 0 aliphatic carbocycles. The largest absolute Gasteiger partial charge is 0.491 e. The molecule has 4 heterocycles. The minimum Gasteiger partial charge on any atom is -0.491 e. The number of carbonyl (C=O) groups is 2. The molecule has 15 nitrogen and oxygen atoms in total. The summed E-state index contributed by atoms with van der Waals surface area (Å²) in [5, 5.41) is 8.01. The average molecular weight is 656 g/mol. The molecule has 6 rings (SSSR count). The fourth-order valence-electron chi connectivity index (χ4n) is 5.91. The molecule has 2 amide bonds. The van der Waals surface area contributed by atoms with Crippen LogP contribution in [0.2, 0.25) is 0 Å². The van der Waals surface area contributed by atoms with E-state index in [9.17, 15) is 9.59 Å². The lowest BCUT2D eigenvalue weighted by atomic mass is 10.1. The summed E-state index contributed by atoms with van der Waals surface area (Å²) < 4.78 is 17.5. The molecule has 0 bridgehead atoms. The van der Waals surface area contributed by atoms with E-state index in [-0.39, 0.29) is 0 Å². The second-order valence-electron chi connectivity index (χ2n) is 11.6. The lowest BCUT2D eigenvalue weighted by Crippen LogP contribution is -2.37. The molecule has 1 aliphatic rings. The number of nitrogens with one attached hydrogen (secondary N) is 1. The zero-order valence-electron chi connectivity index (χ0n) is 27.2. The molecule has 0 radical (unpaired) electrons. The van der Waals surface area contributed by atoms with Crippen molar-refractivity contribution in [3.05, 3.63) is 65.4 Å². The third-order valence-electron chi connectivity index (χ3n) is 8.32. The SMILES string of the molecule is CCn1nc(C)cc1Nc1nc2cc(C(N)=O)cc(OCCCN3CCOCC3)c2n1C/C=C/Cn1c(N)nc2cc(C(N)=O)ccc21. The van der Waals surface area contributed by atoms with Crippen LogP contribution in [0, 0.1) is 6.92 Å². The van der Waals surface area contributed by atoms with Gasteiger partial charge in [-0.2, -0.15) is 5.10 Å². The molecule has 0 unspecified atom stereocenters. The quantitative estimate of drug-likeness (QED) is 0.102. The van der Waals surface area contributed by atoms with Crippen molar-refractivity contribution < 1.29 is 19.1 Å². The predicted octanol–water partition coefficient (Wildman–Crippen LogP) is 2.79. The number of anilines is 3. The Bertz CT molecular complexity index is 1980. The molecule has 0 saturated carbocycles. The van der Waals surface area contributed by atoms with E-state index in [2.05, 4.69) is 20.3 Å². The number of allylic oxidation sites excluding steroid dienone is 2. The van der Waals surface area contributed by atoms with Gasteiger partial charge in [0.15, 0.2) is 0 Å². The summed E-state index contributed by atoms with van der Waals surface area (Å²) in [5.41, 5.74) is 21.6. The number of benzene rings is 2. The summed E-state index contributed by atoms with van der Waals surface area (Å²) >= 11 is 0. The van der Waals surface area contributed by atoms with Crippen molar-refractivity contribution in [2.45, 2.75) is 39.9 Å². The number of nitrogens with two attached hydrogens (primary N) is 3. The van der Waals surface area contributed by atoms with Crippen molar-refractivity contribution in [2.75, 3.05) is 50.5 Å². The van der Waals surface area contributed by atoms with E-state index in [1.54, 1.807) is 30.3 Å². The molecule has 0 spiro atoms. The molecule has 1 saturated heterocycles. The fraction of sp³-hybridized carbons (Fsp3) is 0.364. The Morgan fingerprint density at radius 1 is 0.979 bits per heavy atom. The molecular weight excluding hydrogens is 614 g/mol. The lowest BCUT2D eigenvalue weighted by Gasteiger charge is -2.26. The van der Waals surface area contributed by atoms with Crippen LogP contribution in [0.25, 0.3) is 22.1 Å². The summed E-state index contributed by atoms with van der Waals surface area (Å²) in [4.78, 5) is 35.6. The maximum atomic E-state index is 12.3. The summed E-state index contributed by atoms with van der Waals surface area (Å²) in [6.07, 6.45) is 4.79. The summed E-state index contributed by atoms with van der Waals surface area (Å²) in [6, 6.07) is 10.4. The molecule has 7 N–H and O–H groups in total. The van der Waals surface area contributed by atoms with Gasteiger partial charge in [0.25, 0.3) is 0 Å². The molecule has 3 aromatic heterocycles. The van der Waals surface area contributed by atoms with Crippen LogP contribution in [0.5, 0.6) is 5.75 Å². The van der Waals surface area contributed by atoms with E-state index in [0.717, 1.165) is 61.8 Å². The Kier molecular flexibility index (Phi) is 9.59. The summed E-state index contributed by atoms with van der Waals surface area (Å²) in [6.45, 7) is 10.1. The number of fused-ring (bicyclic) bond motifs is 2. The van der Waals surface area contributed by atoms with E-state index >= 15 is 0 Å². The Hall–Kier alpha value is -5.41. The molecule has 1 fully saturated rings. The van der Waals surface area contributed by atoms with Crippen LogP contribution in [-0.4, -0.2) is 85.1 Å². The highest BCUT2D eigenvalue weighted by Crippen LogP contribution is 2.32. The number of nitrogen functional groups attached to an aromatic ring is 1. The van der Waals surface area contributed by atoms with E-state index < -0.39 is 11.8 Å². The van der Waals surface area contributed by atoms with Crippen LogP contribution in [0.4, 0.5) is 17.7 Å². The van der Waals surface area contributed by atoms with Crippen molar-refractivity contribution >= 4 is 51.6 Å². The Morgan fingerprint density at radius 3 is 2.44 bits per heavy atom. The van der Waals surface area contributed by atoms with Crippen molar-refractivity contribution in [2.24, 2.45) is 11.5 Å². The highest BCUT2D eigenvalue weighted by Gasteiger charge is 2.20. The highest BCUT2D eigenvalue weighted by atomic mass is 16.5. The van der Waals surface area contributed by atoms with Crippen LogP contribution in [-0.2, 0) is 24.4 Å². The first-order chi connectivity index (χ1) is 23.2. The van der Waals surface area contributed by atoms with Gasteiger partial charge in [-0.3, -0.25) is 14.5 Å². The van der Waals surface area contributed by atoms with Gasteiger partial charge < -0.3 is 41.1 Å². The van der Waals surface area contributed by atoms with Gasteiger partial charge in [-0.1, -0.05) is 12.2 Å². The topological polar surface area (TPSA) is 199 Å². The standard InChI is InChI=1S/C33H41N11O4/c1-3-44-28(17-21(2)40-44)39-33-38-25-19-23(31(35)46)20-27(48-14-6-9-41-12-15-47-16-13-41)29(25)43(33)11-5-4-10-42-26-8-7-22(30(34)45)18-24(26)37-32(42)36/h4-5,7-8,17-20H,3,6,9-16H2,1-2H3,(H2,34,45)(H2,35,46)(H2,36,37)(H,38,39)/b5-4+. The van der Waals surface area contributed by atoms with E-state index in [0.29, 0.717) is 66.0 Å². The number of ether oxygens (including phenoxy) is 2. The predicted molar refractivity (Wildman–Crippen MR) is 183 cm³/mol. The lowest BCUT2D eigenvalue weighted by molar-refractivity contribution is 0.0358. The second-order valence-corrected chi connectivity index (χ2v) is 11.6. The zero-order valence-corrected chi connectivity index (χ0v) is 27.2. The van der Waals surface area contributed by atoms with E-state index in [4.69, 9.17) is 31.7 Å². The van der Waals surface area contributed by atoms with Crippen LogP contribution in [0.15, 0.2) is 48.6 Å². The zero-order chi connectivity index (χ0) is 33.8. The van der Waals surface area contributed by atoms with Crippen LogP contribution in [0.1, 0.15) is 39.8 Å². The van der Waals surface area contributed by atoms with Gasteiger partial charge in [0, 0.05) is 56.5 Å².